The van der Waals surface area contributed by atoms with Gasteiger partial charge >= 0.3 is 0 Å². The van der Waals surface area contributed by atoms with Crippen LogP contribution in [0.3, 0.4) is 0 Å². The average molecular weight is 162 g/mol. The lowest BCUT2D eigenvalue weighted by molar-refractivity contribution is 0.243. The van der Waals surface area contributed by atoms with E-state index in [0.29, 0.717) is 0 Å². The molecule has 3 N–H and O–H groups in total. The van der Waals surface area contributed by atoms with E-state index in [9.17, 15) is 4.39 Å². The molecule has 0 spiro atoms. The van der Waals surface area contributed by atoms with Crippen molar-refractivity contribution in [1.29, 1.82) is 0 Å². The Balaban J connectivity index is 3.68. The van der Waals surface area contributed by atoms with Gasteiger partial charge < -0.3 is 10.8 Å². The SMILES string of the molecule is CCC(N)C=NC(CO)CF. The van der Waals surface area contributed by atoms with Crippen molar-refractivity contribution >= 4 is 6.21 Å². The highest BCUT2D eigenvalue weighted by Gasteiger charge is 2.02. The highest BCUT2D eigenvalue weighted by atomic mass is 19.1. The van der Waals surface area contributed by atoms with Crippen molar-refractivity contribution < 1.29 is 9.50 Å². The van der Waals surface area contributed by atoms with Crippen molar-refractivity contribution in [3.05, 3.63) is 0 Å². The van der Waals surface area contributed by atoms with Crippen LogP contribution in [0.1, 0.15) is 13.3 Å². The van der Waals surface area contributed by atoms with Gasteiger partial charge in [-0.25, -0.2) is 4.39 Å². The van der Waals surface area contributed by atoms with E-state index in [-0.39, 0.29) is 12.6 Å². The minimum absolute atomic E-state index is 0.129. The van der Waals surface area contributed by atoms with Crippen LogP contribution < -0.4 is 5.73 Å². The highest BCUT2D eigenvalue weighted by molar-refractivity contribution is 5.64. The van der Waals surface area contributed by atoms with Gasteiger partial charge in [0.2, 0.25) is 0 Å². The molecule has 2 atom stereocenters. The van der Waals surface area contributed by atoms with E-state index in [1.165, 1.54) is 6.21 Å². The Bertz CT molecular complexity index is 115. The first-order valence-electron chi connectivity index (χ1n) is 3.70. The molecule has 0 aliphatic heterocycles. The zero-order valence-electron chi connectivity index (χ0n) is 6.70. The second-order valence-electron chi connectivity index (χ2n) is 2.36. The van der Waals surface area contributed by atoms with Gasteiger partial charge in [0, 0.05) is 12.3 Å². The molecule has 0 bridgehead atoms. The molecular formula is C7H15FN2O. The monoisotopic (exact) mass is 162 g/mol. The van der Waals surface area contributed by atoms with Gasteiger partial charge in [-0.3, -0.25) is 4.99 Å². The largest absolute Gasteiger partial charge is 0.394 e. The van der Waals surface area contributed by atoms with Crippen LogP contribution in [-0.2, 0) is 0 Å². The van der Waals surface area contributed by atoms with Crippen LogP contribution in [0.4, 0.5) is 4.39 Å². The van der Waals surface area contributed by atoms with E-state index in [1.54, 1.807) is 0 Å². The summed E-state index contributed by atoms with van der Waals surface area (Å²) in [6.45, 7) is 1.02. The molecule has 0 aliphatic carbocycles. The third kappa shape index (κ3) is 4.86. The molecule has 0 saturated heterocycles. The van der Waals surface area contributed by atoms with Gasteiger partial charge in [0.1, 0.15) is 12.7 Å². The third-order valence-corrected chi connectivity index (χ3v) is 1.35. The second-order valence-corrected chi connectivity index (χ2v) is 2.36. The summed E-state index contributed by atoms with van der Waals surface area (Å²) < 4.78 is 11.9. The molecule has 0 fully saturated rings. The summed E-state index contributed by atoms with van der Waals surface area (Å²) in [6.07, 6.45) is 2.26. The topological polar surface area (TPSA) is 58.6 Å². The average Bonchev–Trinajstić information content (AvgIpc) is 2.06. The summed E-state index contributed by atoms with van der Waals surface area (Å²) in [5.41, 5.74) is 5.48. The summed E-state index contributed by atoms with van der Waals surface area (Å²) in [5, 5.41) is 8.52. The molecule has 4 heteroatoms. The first-order chi connectivity index (χ1) is 5.24. The summed E-state index contributed by atoms with van der Waals surface area (Å²) in [7, 11) is 0. The van der Waals surface area contributed by atoms with Gasteiger partial charge in [0.05, 0.1) is 6.61 Å². The zero-order chi connectivity index (χ0) is 8.69. The number of halogens is 1. The molecule has 0 amide bonds. The Hall–Kier alpha value is -0.480. The number of aliphatic hydroxyl groups is 1. The van der Waals surface area contributed by atoms with Gasteiger partial charge in [0.15, 0.2) is 0 Å². The predicted octanol–water partition coefficient (Wildman–Crippen LogP) is 0.125. The van der Waals surface area contributed by atoms with Crippen molar-refractivity contribution in [2.45, 2.75) is 25.4 Å². The van der Waals surface area contributed by atoms with E-state index in [4.69, 9.17) is 10.8 Å². The number of hydrogen-bond donors (Lipinski definition) is 2. The quantitative estimate of drug-likeness (QED) is 0.564. The van der Waals surface area contributed by atoms with E-state index in [1.807, 2.05) is 6.92 Å². The molecule has 2 unspecified atom stereocenters. The molecule has 0 saturated carbocycles. The number of nitrogens with zero attached hydrogens (tertiary/aromatic N) is 1. The number of alkyl halides is 1. The van der Waals surface area contributed by atoms with E-state index >= 15 is 0 Å². The Labute approximate surface area is 66.1 Å². The minimum Gasteiger partial charge on any atom is -0.394 e. The smallest absolute Gasteiger partial charge is 0.114 e. The normalized spacial score (nSPS) is 17.1. The Morgan fingerprint density at radius 1 is 1.73 bits per heavy atom. The fourth-order valence-electron chi connectivity index (χ4n) is 0.473. The van der Waals surface area contributed by atoms with Crippen LogP contribution in [0.2, 0.25) is 0 Å². The van der Waals surface area contributed by atoms with Crippen LogP contribution >= 0.6 is 0 Å². The number of aliphatic hydroxyl groups excluding tert-OH is 1. The van der Waals surface area contributed by atoms with Crippen molar-refractivity contribution in [2.75, 3.05) is 13.3 Å². The summed E-state index contributed by atoms with van der Waals surface area (Å²) in [5.74, 6) is 0. The molecule has 0 radical (unpaired) electrons. The van der Waals surface area contributed by atoms with Gasteiger partial charge in [-0.05, 0) is 6.42 Å². The maximum atomic E-state index is 11.9. The van der Waals surface area contributed by atoms with Crippen LogP contribution in [0.5, 0.6) is 0 Å². The molecule has 0 heterocycles. The Kier molecular flexibility index (Phi) is 5.97. The molecule has 0 rings (SSSR count). The van der Waals surface area contributed by atoms with Crippen molar-refractivity contribution in [3.63, 3.8) is 0 Å². The molecule has 3 nitrogen and oxygen atoms in total. The van der Waals surface area contributed by atoms with E-state index in [2.05, 4.69) is 4.99 Å². The molecule has 0 aromatic heterocycles. The van der Waals surface area contributed by atoms with E-state index < -0.39 is 12.7 Å². The number of hydrogen-bond acceptors (Lipinski definition) is 3. The van der Waals surface area contributed by atoms with Crippen molar-refractivity contribution in [3.8, 4) is 0 Å². The molecule has 0 aromatic rings. The van der Waals surface area contributed by atoms with Gasteiger partial charge in [0.25, 0.3) is 0 Å². The van der Waals surface area contributed by atoms with Gasteiger partial charge in [-0.1, -0.05) is 6.92 Å². The Morgan fingerprint density at radius 3 is 2.73 bits per heavy atom. The van der Waals surface area contributed by atoms with Crippen LogP contribution in [0.15, 0.2) is 4.99 Å². The molecular weight excluding hydrogens is 147 g/mol. The van der Waals surface area contributed by atoms with Crippen LogP contribution in [-0.4, -0.2) is 36.7 Å². The fraction of sp³-hybridized carbons (Fsp3) is 0.857. The summed E-state index contributed by atoms with van der Waals surface area (Å²) in [6, 6.07) is -0.761. The third-order valence-electron chi connectivity index (χ3n) is 1.35. The van der Waals surface area contributed by atoms with Gasteiger partial charge in [-0.2, -0.15) is 0 Å². The lowest BCUT2D eigenvalue weighted by Gasteiger charge is -2.04. The first-order valence-corrected chi connectivity index (χ1v) is 3.70. The van der Waals surface area contributed by atoms with E-state index in [0.717, 1.165) is 6.42 Å². The first kappa shape index (κ1) is 10.5. The lowest BCUT2D eigenvalue weighted by Crippen LogP contribution is -2.22. The maximum Gasteiger partial charge on any atom is 0.114 e. The summed E-state index contributed by atoms with van der Waals surface area (Å²) in [4.78, 5) is 3.76. The number of nitrogens with two attached hydrogens (primary N) is 1. The Morgan fingerprint density at radius 2 is 2.36 bits per heavy atom. The zero-order valence-corrected chi connectivity index (χ0v) is 6.70. The van der Waals surface area contributed by atoms with Crippen LogP contribution in [0.25, 0.3) is 0 Å². The molecule has 0 aromatic carbocycles. The lowest BCUT2D eigenvalue weighted by atomic mass is 10.2. The van der Waals surface area contributed by atoms with Crippen molar-refractivity contribution in [2.24, 2.45) is 10.7 Å². The molecule has 0 aliphatic rings. The number of aliphatic imine (C=N–C) groups is 1. The van der Waals surface area contributed by atoms with Crippen molar-refractivity contribution in [1.82, 2.24) is 0 Å². The predicted molar refractivity (Wildman–Crippen MR) is 43.6 cm³/mol. The van der Waals surface area contributed by atoms with Gasteiger partial charge in [-0.15, -0.1) is 0 Å². The van der Waals surface area contributed by atoms with Crippen LogP contribution in [0, 0.1) is 0 Å². The second kappa shape index (κ2) is 6.24. The maximum absolute atomic E-state index is 11.9. The minimum atomic E-state index is -0.635. The fourth-order valence-corrected chi connectivity index (χ4v) is 0.473. The standard InChI is InChI=1S/C7H15FN2O/c1-2-6(9)4-10-7(3-8)5-11/h4,6-7,11H,2-3,5,9H2,1H3. The number of rotatable bonds is 5. The summed E-state index contributed by atoms with van der Waals surface area (Å²) >= 11 is 0. The highest BCUT2D eigenvalue weighted by Crippen LogP contribution is 1.91. The molecule has 66 valence electrons. The molecule has 11 heavy (non-hydrogen) atoms.